The van der Waals surface area contributed by atoms with Crippen LogP contribution in [0.5, 0.6) is 0 Å². The molecule has 0 amide bonds. The molecule has 0 aliphatic heterocycles. The van der Waals surface area contributed by atoms with Crippen molar-refractivity contribution in [2.45, 2.75) is 10.9 Å². The Labute approximate surface area is 184 Å². The fourth-order valence-electron chi connectivity index (χ4n) is 3.44. The Morgan fingerprint density at radius 3 is 2.55 bits per heavy atom. The molecule has 2 N–H and O–H groups in total. The van der Waals surface area contributed by atoms with Crippen LogP contribution in [0.4, 0.5) is 0 Å². The van der Waals surface area contributed by atoms with Gasteiger partial charge in [0.25, 0.3) is 11.1 Å². The standard InChI is InChI=1S/C22H17N5O2S2/c1-26-17(24-16-10-6-5-9-14(16)20(26)28)12-31-22-25-19-18(21(29)27(22)23)15(11-30-19)13-7-3-2-4-8-13/h2-11H,12,23H2,1H3. The first-order chi connectivity index (χ1) is 15.0. The van der Waals surface area contributed by atoms with E-state index in [4.69, 9.17) is 5.84 Å². The topological polar surface area (TPSA) is 95.8 Å². The highest BCUT2D eigenvalue weighted by Gasteiger charge is 2.17. The zero-order chi connectivity index (χ0) is 21.5. The van der Waals surface area contributed by atoms with Crippen molar-refractivity contribution < 1.29 is 0 Å². The molecule has 0 unspecified atom stereocenters. The molecule has 3 heterocycles. The lowest BCUT2D eigenvalue weighted by Gasteiger charge is -2.10. The largest absolute Gasteiger partial charge is 0.334 e. The molecule has 0 fully saturated rings. The Bertz CT molecular complexity index is 1550. The molecule has 0 spiro atoms. The van der Waals surface area contributed by atoms with E-state index in [-0.39, 0.29) is 11.1 Å². The van der Waals surface area contributed by atoms with Crippen molar-refractivity contribution in [2.24, 2.45) is 7.05 Å². The first-order valence-corrected chi connectivity index (χ1v) is 11.3. The summed E-state index contributed by atoms with van der Waals surface area (Å²) in [7, 11) is 1.69. The third-order valence-corrected chi connectivity index (χ3v) is 6.92. The third-order valence-electron chi connectivity index (χ3n) is 5.10. The van der Waals surface area contributed by atoms with Crippen LogP contribution in [0.1, 0.15) is 5.82 Å². The summed E-state index contributed by atoms with van der Waals surface area (Å²) in [5.41, 5.74) is 2.00. The van der Waals surface area contributed by atoms with Gasteiger partial charge in [0.15, 0.2) is 5.16 Å². The Kier molecular flexibility index (Phi) is 4.84. The quantitative estimate of drug-likeness (QED) is 0.258. The minimum atomic E-state index is -0.298. The SMILES string of the molecule is Cn1c(CSc2nc3scc(-c4ccccc4)c3c(=O)n2N)nc2ccccc2c1=O. The lowest BCUT2D eigenvalue weighted by atomic mass is 10.1. The number of nitrogens with zero attached hydrogens (tertiary/aromatic N) is 4. The zero-order valence-corrected chi connectivity index (χ0v) is 18.1. The Morgan fingerprint density at radius 1 is 1.00 bits per heavy atom. The molecule has 2 aromatic carbocycles. The normalized spacial score (nSPS) is 11.4. The average molecular weight is 448 g/mol. The molecule has 0 aliphatic rings. The van der Waals surface area contributed by atoms with Crippen LogP contribution in [0.3, 0.4) is 0 Å². The molecule has 31 heavy (non-hydrogen) atoms. The first-order valence-electron chi connectivity index (χ1n) is 9.47. The molecule has 7 nitrogen and oxygen atoms in total. The molecule has 5 aromatic rings. The van der Waals surface area contributed by atoms with Crippen LogP contribution >= 0.6 is 23.1 Å². The fourth-order valence-corrected chi connectivity index (χ4v) is 5.33. The van der Waals surface area contributed by atoms with Gasteiger partial charge in [0.2, 0.25) is 0 Å². The van der Waals surface area contributed by atoms with Gasteiger partial charge in [0, 0.05) is 18.0 Å². The predicted octanol–water partition coefficient (Wildman–Crippen LogP) is 3.38. The maximum Gasteiger partial charge on any atom is 0.282 e. The highest BCUT2D eigenvalue weighted by molar-refractivity contribution is 7.98. The minimum absolute atomic E-state index is 0.111. The van der Waals surface area contributed by atoms with Crippen molar-refractivity contribution in [3.63, 3.8) is 0 Å². The molecule has 0 atom stereocenters. The minimum Gasteiger partial charge on any atom is -0.334 e. The number of fused-ring (bicyclic) bond motifs is 2. The first kappa shape index (κ1) is 19.5. The highest BCUT2D eigenvalue weighted by Crippen LogP contribution is 2.32. The number of thiophene rings is 1. The number of aromatic nitrogens is 4. The second kappa shape index (κ2) is 7.68. The predicted molar refractivity (Wildman–Crippen MR) is 126 cm³/mol. The van der Waals surface area contributed by atoms with Crippen LogP contribution in [0.2, 0.25) is 0 Å². The van der Waals surface area contributed by atoms with E-state index in [1.165, 1.54) is 27.7 Å². The summed E-state index contributed by atoms with van der Waals surface area (Å²) in [5.74, 6) is 7.05. The van der Waals surface area contributed by atoms with Crippen LogP contribution in [-0.4, -0.2) is 19.2 Å². The van der Waals surface area contributed by atoms with E-state index in [9.17, 15) is 9.59 Å². The number of nitrogens with two attached hydrogens (primary N) is 1. The van der Waals surface area contributed by atoms with Crippen molar-refractivity contribution in [1.29, 1.82) is 0 Å². The second-order valence-corrected chi connectivity index (χ2v) is 8.76. The van der Waals surface area contributed by atoms with Gasteiger partial charge in [-0.2, -0.15) is 0 Å². The molecular weight excluding hydrogens is 430 g/mol. The van der Waals surface area contributed by atoms with Crippen molar-refractivity contribution in [3.05, 3.63) is 86.5 Å². The number of benzene rings is 2. The summed E-state index contributed by atoms with van der Waals surface area (Å²) in [6, 6.07) is 16.9. The number of hydrogen-bond donors (Lipinski definition) is 1. The Hall–Kier alpha value is -3.43. The van der Waals surface area contributed by atoms with Crippen molar-refractivity contribution in [1.82, 2.24) is 19.2 Å². The van der Waals surface area contributed by atoms with E-state index >= 15 is 0 Å². The van der Waals surface area contributed by atoms with Gasteiger partial charge in [-0.1, -0.05) is 54.2 Å². The molecular formula is C22H17N5O2S2. The number of thioether (sulfide) groups is 1. The van der Waals surface area contributed by atoms with Gasteiger partial charge in [-0.15, -0.1) is 11.3 Å². The molecule has 5 rings (SSSR count). The van der Waals surface area contributed by atoms with E-state index in [2.05, 4.69) is 9.97 Å². The van der Waals surface area contributed by atoms with Gasteiger partial charge in [0.1, 0.15) is 10.7 Å². The maximum absolute atomic E-state index is 13.0. The molecule has 154 valence electrons. The average Bonchev–Trinajstić information content (AvgIpc) is 3.23. The van der Waals surface area contributed by atoms with Crippen LogP contribution in [0, 0.1) is 0 Å². The zero-order valence-electron chi connectivity index (χ0n) is 16.5. The molecule has 0 bridgehead atoms. The monoisotopic (exact) mass is 447 g/mol. The van der Waals surface area contributed by atoms with Gasteiger partial charge in [-0.05, 0) is 17.7 Å². The second-order valence-electron chi connectivity index (χ2n) is 6.96. The van der Waals surface area contributed by atoms with Gasteiger partial charge < -0.3 is 5.84 Å². The van der Waals surface area contributed by atoms with Gasteiger partial charge in [0.05, 0.1) is 22.0 Å². The molecule has 0 radical (unpaired) electrons. The van der Waals surface area contributed by atoms with Crippen molar-refractivity contribution in [3.8, 4) is 11.1 Å². The van der Waals surface area contributed by atoms with Crippen LogP contribution in [-0.2, 0) is 12.8 Å². The summed E-state index contributed by atoms with van der Waals surface area (Å²) in [6.45, 7) is 0. The van der Waals surface area contributed by atoms with Crippen LogP contribution in [0.15, 0.2) is 74.7 Å². The lowest BCUT2D eigenvalue weighted by molar-refractivity contribution is 0.768. The summed E-state index contributed by atoms with van der Waals surface area (Å²) < 4.78 is 2.59. The summed E-state index contributed by atoms with van der Waals surface area (Å²) in [4.78, 5) is 35.5. The van der Waals surface area contributed by atoms with Gasteiger partial charge >= 0.3 is 0 Å². The molecule has 0 saturated heterocycles. The summed E-state index contributed by atoms with van der Waals surface area (Å²) >= 11 is 2.69. The summed E-state index contributed by atoms with van der Waals surface area (Å²) in [6.07, 6.45) is 0. The van der Waals surface area contributed by atoms with E-state index < -0.39 is 0 Å². The van der Waals surface area contributed by atoms with Gasteiger partial charge in [-0.25, -0.2) is 14.6 Å². The van der Waals surface area contributed by atoms with Crippen LogP contribution < -0.4 is 17.0 Å². The number of nitrogen functional groups attached to an aromatic ring is 1. The number of para-hydroxylation sites is 1. The molecule has 0 saturated carbocycles. The van der Waals surface area contributed by atoms with E-state index in [1.807, 2.05) is 53.9 Å². The third kappa shape index (κ3) is 3.31. The van der Waals surface area contributed by atoms with Crippen molar-refractivity contribution >= 4 is 44.2 Å². The maximum atomic E-state index is 13.0. The Balaban J connectivity index is 1.53. The fraction of sp³-hybridized carbons (Fsp3) is 0.0909. The number of rotatable bonds is 4. The summed E-state index contributed by atoms with van der Waals surface area (Å²) in [5, 5.41) is 3.39. The van der Waals surface area contributed by atoms with E-state index in [0.717, 1.165) is 15.8 Å². The van der Waals surface area contributed by atoms with Crippen LogP contribution in [0.25, 0.3) is 32.2 Å². The molecule has 3 aromatic heterocycles. The Morgan fingerprint density at radius 2 is 1.74 bits per heavy atom. The lowest BCUT2D eigenvalue weighted by Crippen LogP contribution is -2.29. The molecule has 0 aliphatic carbocycles. The van der Waals surface area contributed by atoms with E-state index in [0.29, 0.717) is 37.9 Å². The molecule has 9 heteroatoms. The number of hydrogen-bond acceptors (Lipinski definition) is 7. The van der Waals surface area contributed by atoms with Gasteiger partial charge in [-0.3, -0.25) is 14.2 Å². The van der Waals surface area contributed by atoms with E-state index in [1.54, 1.807) is 13.1 Å². The highest BCUT2D eigenvalue weighted by atomic mass is 32.2. The van der Waals surface area contributed by atoms with Crippen molar-refractivity contribution in [2.75, 3.05) is 5.84 Å². The smallest absolute Gasteiger partial charge is 0.282 e.